The number of hydrogen-bond donors (Lipinski definition) is 1. The Hall–Kier alpha value is -1.90. The monoisotopic (exact) mass is 453 g/mol. The Morgan fingerprint density at radius 3 is 2.77 bits per heavy atom. The van der Waals surface area contributed by atoms with E-state index in [9.17, 15) is 14.0 Å². The predicted octanol–water partition coefficient (Wildman–Crippen LogP) is 2.87. The molecule has 2 aliphatic heterocycles. The Morgan fingerprint density at radius 2 is 2.06 bits per heavy atom. The number of nitrogens with zero attached hydrogens (tertiary/aromatic N) is 2. The van der Waals surface area contributed by atoms with E-state index in [4.69, 9.17) is 21.1 Å². The van der Waals surface area contributed by atoms with Gasteiger partial charge in [-0.15, -0.1) is 0 Å². The number of carbonyl (C=O) groups excluding carboxylic acids is 2. The number of urea groups is 1. The first-order chi connectivity index (χ1) is 14.9. The van der Waals surface area contributed by atoms with Crippen molar-refractivity contribution in [2.24, 2.45) is 0 Å². The van der Waals surface area contributed by atoms with Gasteiger partial charge in [-0.2, -0.15) is 0 Å². The van der Waals surface area contributed by atoms with Crippen LogP contribution < -0.4 is 5.32 Å². The lowest BCUT2D eigenvalue weighted by atomic mass is 10.0. The third kappa shape index (κ3) is 5.30. The van der Waals surface area contributed by atoms with Crippen molar-refractivity contribution in [3.63, 3.8) is 0 Å². The fourth-order valence-corrected chi connectivity index (χ4v) is 4.46. The van der Waals surface area contributed by atoms with Crippen molar-refractivity contribution in [1.82, 2.24) is 15.1 Å². The van der Waals surface area contributed by atoms with Gasteiger partial charge in [-0.3, -0.25) is 4.79 Å². The van der Waals surface area contributed by atoms with Crippen molar-refractivity contribution in [2.45, 2.75) is 57.3 Å². The summed E-state index contributed by atoms with van der Waals surface area (Å²) in [5.41, 5.74) is 1.17. The van der Waals surface area contributed by atoms with Gasteiger partial charge in [0.05, 0.1) is 25.9 Å². The molecule has 3 amide bonds. The molecule has 1 aromatic carbocycles. The first kappa shape index (κ1) is 22.3. The molecule has 3 fully saturated rings. The van der Waals surface area contributed by atoms with E-state index in [1.807, 2.05) is 4.90 Å². The Morgan fingerprint density at radius 1 is 1.26 bits per heavy atom. The van der Waals surface area contributed by atoms with Crippen LogP contribution in [0.2, 0.25) is 5.02 Å². The fraction of sp³-hybridized carbons (Fsp3) is 0.636. The average molecular weight is 454 g/mol. The minimum absolute atomic E-state index is 0.0634. The van der Waals surface area contributed by atoms with Crippen molar-refractivity contribution < 1.29 is 23.5 Å². The molecule has 4 rings (SSSR count). The maximum Gasteiger partial charge on any atom is 0.318 e. The number of benzene rings is 1. The molecule has 0 unspecified atom stereocenters. The highest BCUT2D eigenvalue weighted by molar-refractivity contribution is 6.31. The van der Waals surface area contributed by atoms with E-state index in [2.05, 4.69) is 5.32 Å². The van der Waals surface area contributed by atoms with Crippen LogP contribution in [0.3, 0.4) is 0 Å². The van der Waals surface area contributed by atoms with Crippen LogP contribution in [0.4, 0.5) is 9.18 Å². The van der Waals surface area contributed by atoms with Gasteiger partial charge in [-0.05, 0) is 50.3 Å². The molecule has 1 N–H and O–H groups in total. The molecule has 0 bridgehead atoms. The summed E-state index contributed by atoms with van der Waals surface area (Å²) < 4.78 is 25.1. The minimum atomic E-state index is -0.563. The van der Waals surface area contributed by atoms with E-state index in [0.717, 1.165) is 31.2 Å². The first-order valence-electron chi connectivity index (χ1n) is 10.9. The number of ether oxygens (including phenoxy) is 2. The van der Waals surface area contributed by atoms with Gasteiger partial charge in [0.15, 0.2) is 6.10 Å². The van der Waals surface area contributed by atoms with E-state index in [-0.39, 0.29) is 37.2 Å². The zero-order chi connectivity index (χ0) is 22.0. The van der Waals surface area contributed by atoms with Crippen LogP contribution in [-0.4, -0.2) is 72.8 Å². The van der Waals surface area contributed by atoms with Crippen LogP contribution in [0.5, 0.6) is 0 Å². The highest BCUT2D eigenvalue weighted by Gasteiger charge is 2.40. The molecular formula is C22H29ClFN3O4. The third-order valence-corrected chi connectivity index (χ3v) is 6.53. The van der Waals surface area contributed by atoms with Crippen LogP contribution in [0.1, 0.15) is 36.8 Å². The van der Waals surface area contributed by atoms with Crippen LogP contribution in [0.15, 0.2) is 12.1 Å². The lowest BCUT2D eigenvalue weighted by Crippen LogP contribution is -2.57. The summed E-state index contributed by atoms with van der Waals surface area (Å²) in [5, 5.41) is 3.24. The maximum atomic E-state index is 14.2. The van der Waals surface area contributed by atoms with E-state index in [0.29, 0.717) is 36.9 Å². The molecule has 1 aliphatic carbocycles. The number of amides is 3. The number of halogens is 2. The van der Waals surface area contributed by atoms with Crippen LogP contribution in [0, 0.1) is 12.7 Å². The molecule has 1 saturated carbocycles. The van der Waals surface area contributed by atoms with E-state index >= 15 is 0 Å². The molecule has 2 atom stereocenters. The summed E-state index contributed by atoms with van der Waals surface area (Å²) in [6.07, 6.45) is 3.00. The second kappa shape index (κ2) is 9.71. The normalized spacial score (nSPS) is 24.0. The van der Waals surface area contributed by atoms with Crippen LogP contribution in [-0.2, 0) is 20.8 Å². The number of rotatable bonds is 5. The highest BCUT2D eigenvalue weighted by atomic mass is 35.5. The molecular weight excluding hydrogens is 425 g/mol. The Balaban J connectivity index is 1.39. The molecule has 7 nitrogen and oxygen atoms in total. The van der Waals surface area contributed by atoms with Gasteiger partial charge in [0.2, 0.25) is 0 Å². The second-order valence-electron chi connectivity index (χ2n) is 8.50. The molecule has 1 aromatic rings. The van der Waals surface area contributed by atoms with E-state index in [1.165, 1.54) is 6.07 Å². The number of hydrogen-bond acceptors (Lipinski definition) is 4. The zero-order valence-electron chi connectivity index (χ0n) is 17.7. The Labute approximate surface area is 186 Å². The van der Waals surface area contributed by atoms with Crippen molar-refractivity contribution in [1.29, 1.82) is 0 Å². The van der Waals surface area contributed by atoms with E-state index < -0.39 is 11.9 Å². The molecule has 3 aliphatic rings. The van der Waals surface area contributed by atoms with Gasteiger partial charge < -0.3 is 24.6 Å². The molecule has 0 aromatic heterocycles. The second-order valence-corrected chi connectivity index (χ2v) is 8.91. The molecule has 9 heteroatoms. The van der Waals surface area contributed by atoms with E-state index in [1.54, 1.807) is 17.9 Å². The molecule has 2 heterocycles. The number of aryl methyl sites for hydroxylation is 1. The third-order valence-electron chi connectivity index (χ3n) is 6.13. The van der Waals surface area contributed by atoms with Gasteiger partial charge in [-0.25, -0.2) is 9.18 Å². The Bertz CT molecular complexity index is 829. The topological polar surface area (TPSA) is 71.1 Å². The fourth-order valence-electron chi connectivity index (χ4n) is 4.31. The number of nitrogens with one attached hydrogen (secondary N) is 1. The molecule has 0 spiro atoms. The van der Waals surface area contributed by atoms with Crippen molar-refractivity contribution in [2.75, 3.05) is 32.9 Å². The standard InChI is InChI=1S/C22H29ClFN3O4/c1-14-9-15(19(24)10-18(14)23)11-25-22(29)27(16-4-5-16)17-3-2-6-26(12-17)21(28)20-13-30-7-8-31-20/h9-10,16-17,20H,2-8,11-13H2,1H3,(H,25,29)/t17-,20-/m1/s1. The lowest BCUT2D eigenvalue weighted by molar-refractivity contribution is -0.159. The zero-order valence-corrected chi connectivity index (χ0v) is 18.5. The smallest absolute Gasteiger partial charge is 0.318 e. The van der Waals surface area contributed by atoms with Gasteiger partial charge in [0.1, 0.15) is 5.82 Å². The largest absolute Gasteiger partial charge is 0.376 e. The molecule has 31 heavy (non-hydrogen) atoms. The summed E-state index contributed by atoms with van der Waals surface area (Å²) in [5.74, 6) is -0.503. The van der Waals surface area contributed by atoms with Crippen molar-refractivity contribution >= 4 is 23.5 Å². The van der Waals surface area contributed by atoms with Crippen LogP contribution in [0.25, 0.3) is 0 Å². The maximum absolute atomic E-state index is 14.2. The van der Waals surface area contributed by atoms with Crippen molar-refractivity contribution in [3.05, 3.63) is 34.1 Å². The van der Waals surface area contributed by atoms with Gasteiger partial charge in [0.25, 0.3) is 5.91 Å². The first-order valence-corrected chi connectivity index (χ1v) is 11.3. The SMILES string of the molecule is Cc1cc(CNC(=O)N(C2CC2)[C@@H]2CCCN(C(=O)[C@H]3COCCO3)C2)c(F)cc1Cl. The van der Waals surface area contributed by atoms with Gasteiger partial charge in [-0.1, -0.05) is 11.6 Å². The summed E-state index contributed by atoms with van der Waals surface area (Å²) in [7, 11) is 0. The molecule has 2 saturated heterocycles. The van der Waals surface area contributed by atoms with Crippen molar-refractivity contribution in [3.8, 4) is 0 Å². The minimum Gasteiger partial charge on any atom is -0.376 e. The average Bonchev–Trinajstić information content (AvgIpc) is 3.61. The van der Waals surface area contributed by atoms with Crippen LogP contribution >= 0.6 is 11.6 Å². The summed E-state index contributed by atoms with van der Waals surface area (Å²) in [6, 6.07) is 2.83. The molecule has 170 valence electrons. The highest BCUT2D eigenvalue weighted by Crippen LogP contribution is 2.32. The quantitative estimate of drug-likeness (QED) is 0.744. The summed E-state index contributed by atoms with van der Waals surface area (Å²) in [6.45, 7) is 4.24. The lowest BCUT2D eigenvalue weighted by Gasteiger charge is -2.40. The van der Waals surface area contributed by atoms with Gasteiger partial charge >= 0.3 is 6.03 Å². The predicted molar refractivity (Wildman–Crippen MR) is 113 cm³/mol. The molecule has 0 radical (unpaired) electrons. The number of likely N-dealkylation sites (tertiary alicyclic amines) is 1. The summed E-state index contributed by atoms with van der Waals surface area (Å²) in [4.78, 5) is 29.5. The number of piperidine rings is 1. The van der Waals surface area contributed by atoms with Gasteiger partial charge in [0, 0.05) is 36.3 Å². The Kier molecular flexibility index (Phi) is 6.99. The number of carbonyl (C=O) groups is 2. The summed E-state index contributed by atoms with van der Waals surface area (Å²) >= 11 is 5.96.